The third-order valence-corrected chi connectivity index (χ3v) is 4.23. The third kappa shape index (κ3) is 2.74. The van der Waals surface area contributed by atoms with Crippen molar-refractivity contribution in [1.82, 2.24) is 15.1 Å². The Balaban J connectivity index is 1.96. The molecule has 2 rings (SSSR count). The van der Waals surface area contributed by atoms with Crippen LogP contribution in [0.5, 0.6) is 0 Å². The molecule has 1 fully saturated rings. The van der Waals surface area contributed by atoms with Crippen LogP contribution in [-0.4, -0.2) is 41.1 Å². The zero-order valence-electron chi connectivity index (χ0n) is 10.3. The lowest BCUT2D eigenvalue weighted by molar-refractivity contribution is 0.0687. The highest BCUT2D eigenvalue weighted by molar-refractivity contribution is 7.17. The highest BCUT2D eigenvalue weighted by Crippen LogP contribution is 2.23. The SMILES string of the molecule is CCC1CCN(C(=O)c2nnc(NC)s2)CC1. The molecule has 0 bridgehead atoms. The summed E-state index contributed by atoms with van der Waals surface area (Å²) >= 11 is 1.32. The molecular weight excluding hydrogens is 236 g/mol. The van der Waals surface area contributed by atoms with E-state index in [0.29, 0.717) is 10.1 Å². The number of rotatable bonds is 3. The van der Waals surface area contributed by atoms with E-state index >= 15 is 0 Å². The second kappa shape index (κ2) is 5.44. The average molecular weight is 254 g/mol. The molecule has 1 N–H and O–H groups in total. The van der Waals surface area contributed by atoms with Crippen LogP contribution in [0, 0.1) is 5.92 Å². The van der Waals surface area contributed by atoms with Gasteiger partial charge in [-0.25, -0.2) is 0 Å². The van der Waals surface area contributed by atoms with E-state index in [1.807, 2.05) is 4.90 Å². The van der Waals surface area contributed by atoms with Gasteiger partial charge in [-0.15, -0.1) is 10.2 Å². The van der Waals surface area contributed by atoms with Gasteiger partial charge in [0.15, 0.2) is 0 Å². The molecule has 5 nitrogen and oxygen atoms in total. The van der Waals surface area contributed by atoms with Gasteiger partial charge in [0.25, 0.3) is 5.91 Å². The first-order valence-corrected chi connectivity index (χ1v) is 6.86. The lowest BCUT2D eigenvalue weighted by Gasteiger charge is -2.30. The van der Waals surface area contributed by atoms with Crippen LogP contribution in [0.25, 0.3) is 0 Å². The number of nitrogens with zero attached hydrogens (tertiary/aromatic N) is 3. The summed E-state index contributed by atoms with van der Waals surface area (Å²) in [6.45, 7) is 3.92. The van der Waals surface area contributed by atoms with Crippen LogP contribution >= 0.6 is 11.3 Å². The molecule has 6 heteroatoms. The molecule has 0 aliphatic carbocycles. The minimum Gasteiger partial charge on any atom is -0.363 e. The van der Waals surface area contributed by atoms with Crippen molar-refractivity contribution < 1.29 is 4.79 Å². The summed E-state index contributed by atoms with van der Waals surface area (Å²) in [5.74, 6) is 0.805. The van der Waals surface area contributed by atoms with Gasteiger partial charge in [0.1, 0.15) is 0 Å². The van der Waals surface area contributed by atoms with Crippen molar-refractivity contribution in [3.63, 3.8) is 0 Å². The second-order valence-corrected chi connectivity index (χ2v) is 5.28. The number of piperidine rings is 1. The van der Waals surface area contributed by atoms with Crippen molar-refractivity contribution in [2.24, 2.45) is 5.92 Å². The molecule has 1 aromatic rings. The largest absolute Gasteiger partial charge is 0.363 e. The number of carbonyl (C=O) groups is 1. The summed E-state index contributed by atoms with van der Waals surface area (Å²) < 4.78 is 0. The van der Waals surface area contributed by atoms with E-state index in [1.54, 1.807) is 7.05 Å². The van der Waals surface area contributed by atoms with Crippen molar-refractivity contribution in [1.29, 1.82) is 0 Å². The topological polar surface area (TPSA) is 58.1 Å². The fourth-order valence-corrected chi connectivity index (χ4v) is 2.76. The van der Waals surface area contributed by atoms with Crippen molar-refractivity contribution in [3.05, 3.63) is 5.01 Å². The number of anilines is 1. The molecule has 1 aliphatic rings. The summed E-state index contributed by atoms with van der Waals surface area (Å²) in [4.78, 5) is 14.0. The van der Waals surface area contributed by atoms with Crippen LogP contribution in [-0.2, 0) is 0 Å². The van der Waals surface area contributed by atoms with Gasteiger partial charge in [0, 0.05) is 20.1 Å². The smallest absolute Gasteiger partial charge is 0.284 e. The molecule has 17 heavy (non-hydrogen) atoms. The van der Waals surface area contributed by atoms with Crippen LogP contribution in [0.15, 0.2) is 0 Å². The Morgan fingerprint density at radius 1 is 1.47 bits per heavy atom. The van der Waals surface area contributed by atoms with Crippen LogP contribution in [0.3, 0.4) is 0 Å². The van der Waals surface area contributed by atoms with Crippen molar-refractivity contribution >= 4 is 22.4 Å². The van der Waals surface area contributed by atoms with Gasteiger partial charge in [-0.2, -0.15) is 0 Å². The Bertz CT molecular complexity index is 385. The predicted molar refractivity (Wildman–Crippen MR) is 68.4 cm³/mol. The van der Waals surface area contributed by atoms with Gasteiger partial charge in [0.05, 0.1) is 0 Å². The highest BCUT2D eigenvalue weighted by atomic mass is 32.1. The Morgan fingerprint density at radius 2 is 2.18 bits per heavy atom. The lowest BCUT2D eigenvalue weighted by Crippen LogP contribution is -2.38. The second-order valence-electron chi connectivity index (χ2n) is 4.31. The fourth-order valence-electron chi connectivity index (χ4n) is 2.09. The number of hydrogen-bond donors (Lipinski definition) is 1. The van der Waals surface area contributed by atoms with Crippen LogP contribution < -0.4 is 5.32 Å². The molecule has 0 atom stereocenters. The molecule has 1 aliphatic heterocycles. The van der Waals surface area contributed by atoms with E-state index < -0.39 is 0 Å². The van der Waals surface area contributed by atoms with Crippen molar-refractivity contribution in [2.75, 3.05) is 25.5 Å². The van der Waals surface area contributed by atoms with E-state index in [4.69, 9.17) is 0 Å². The number of likely N-dealkylation sites (tertiary alicyclic amines) is 1. The maximum atomic E-state index is 12.1. The molecule has 1 amide bonds. The zero-order valence-corrected chi connectivity index (χ0v) is 11.1. The van der Waals surface area contributed by atoms with Crippen molar-refractivity contribution in [3.8, 4) is 0 Å². The highest BCUT2D eigenvalue weighted by Gasteiger charge is 2.24. The quantitative estimate of drug-likeness (QED) is 0.894. The molecule has 1 aromatic heterocycles. The minimum atomic E-state index is 0.0264. The van der Waals surface area contributed by atoms with E-state index in [0.717, 1.165) is 31.8 Å². The number of aromatic nitrogens is 2. The van der Waals surface area contributed by atoms with Crippen LogP contribution in [0.1, 0.15) is 36.0 Å². The first kappa shape index (κ1) is 12.3. The Morgan fingerprint density at radius 3 is 2.71 bits per heavy atom. The monoisotopic (exact) mass is 254 g/mol. The van der Waals surface area contributed by atoms with Crippen LogP contribution in [0.2, 0.25) is 0 Å². The van der Waals surface area contributed by atoms with Gasteiger partial charge in [-0.05, 0) is 18.8 Å². The van der Waals surface area contributed by atoms with Crippen LogP contribution in [0.4, 0.5) is 5.13 Å². The predicted octanol–water partition coefficient (Wildman–Crippen LogP) is 1.84. The number of amides is 1. The zero-order chi connectivity index (χ0) is 12.3. The molecule has 0 radical (unpaired) electrons. The first-order chi connectivity index (χ1) is 8.24. The number of nitrogens with one attached hydrogen (secondary N) is 1. The average Bonchev–Trinajstić information content (AvgIpc) is 2.87. The maximum Gasteiger partial charge on any atom is 0.284 e. The van der Waals surface area contributed by atoms with Gasteiger partial charge in [0.2, 0.25) is 10.1 Å². The molecule has 0 saturated carbocycles. The van der Waals surface area contributed by atoms with E-state index in [2.05, 4.69) is 22.4 Å². The molecule has 2 heterocycles. The first-order valence-electron chi connectivity index (χ1n) is 6.05. The molecule has 94 valence electrons. The normalized spacial score (nSPS) is 17.2. The molecule has 0 aromatic carbocycles. The summed E-state index contributed by atoms with van der Waals surface area (Å²) in [5, 5.41) is 11.9. The Labute approximate surface area is 105 Å². The van der Waals surface area contributed by atoms with E-state index in [1.165, 1.54) is 17.8 Å². The molecule has 0 spiro atoms. The standard InChI is InChI=1S/C11H18N4OS/c1-3-8-4-6-15(7-5-8)10(16)9-13-14-11(12-2)17-9/h8H,3-7H2,1-2H3,(H,12,14). The summed E-state index contributed by atoms with van der Waals surface area (Å²) in [6.07, 6.45) is 3.44. The maximum absolute atomic E-state index is 12.1. The summed E-state index contributed by atoms with van der Waals surface area (Å²) in [5.41, 5.74) is 0. The molecule has 1 saturated heterocycles. The summed E-state index contributed by atoms with van der Waals surface area (Å²) in [7, 11) is 1.78. The Hall–Kier alpha value is -1.17. The van der Waals surface area contributed by atoms with Gasteiger partial charge in [-0.3, -0.25) is 4.79 Å². The van der Waals surface area contributed by atoms with E-state index in [9.17, 15) is 4.79 Å². The molecule has 0 unspecified atom stereocenters. The van der Waals surface area contributed by atoms with Gasteiger partial charge in [-0.1, -0.05) is 24.7 Å². The fraction of sp³-hybridized carbons (Fsp3) is 0.727. The van der Waals surface area contributed by atoms with Gasteiger partial charge >= 0.3 is 0 Å². The minimum absolute atomic E-state index is 0.0264. The van der Waals surface area contributed by atoms with Gasteiger partial charge < -0.3 is 10.2 Å². The number of carbonyl (C=O) groups excluding carboxylic acids is 1. The Kier molecular flexibility index (Phi) is 3.93. The molecular formula is C11H18N4OS. The summed E-state index contributed by atoms with van der Waals surface area (Å²) in [6, 6.07) is 0. The van der Waals surface area contributed by atoms with Crippen molar-refractivity contribution in [2.45, 2.75) is 26.2 Å². The van der Waals surface area contributed by atoms with E-state index in [-0.39, 0.29) is 5.91 Å². The third-order valence-electron chi connectivity index (χ3n) is 3.30. The number of hydrogen-bond acceptors (Lipinski definition) is 5. The lowest BCUT2D eigenvalue weighted by atomic mass is 9.94.